The molecule has 3 rings (SSSR count). The summed E-state index contributed by atoms with van der Waals surface area (Å²) in [6.07, 6.45) is 2.35. The van der Waals surface area contributed by atoms with Crippen molar-refractivity contribution in [1.82, 2.24) is 5.32 Å². The second kappa shape index (κ2) is 7.77. The van der Waals surface area contributed by atoms with E-state index in [0.717, 1.165) is 23.1 Å². The van der Waals surface area contributed by atoms with Crippen molar-refractivity contribution in [3.05, 3.63) is 54.0 Å². The summed E-state index contributed by atoms with van der Waals surface area (Å²) in [6, 6.07) is 14.5. The van der Waals surface area contributed by atoms with E-state index in [1.165, 1.54) is 6.42 Å². The van der Waals surface area contributed by atoms with E-state index >= 15 is 0 Å². The molecule has 1 heterocycles. The Kier molecular flexibility index (Phi) is 5.47. The SMILES string of the molecule is C[C@@H]1C[C@H]1c1ccc(CCC(=O)NC[C@H](C)N(C)c2ccccc2)o1. The van der Waals surface area contributed by atoms with E-state index < -0.39 is 0 Å². The molecule has 134 valence electrons. The van der Waals surface area contributed by atoms with Crippen molar-refractivity contribution in [2.45, 2.75) is 45.1 Å². The van der Waals surface area contributed by atoms with E-state index in [9.17, 15) is 4.79 Å². The van der Waals surface area contributed by atoms with Gasteiger partial charge in [0.15, 0.2) is 0 Å². The maximum Gasteiger partial charge on any atom is 0.220 e. The minimum atomic E-state index is 0.0750. The third-order valence-electron chi connectivity index (χ3n) is 5.18. The summed E-state index contributed by atoms with van der Waals surface area (Å²) in [5.41, 5.74) is 1.15. The van der Waals surface area contributed by atoms with Gasteiger partial charge in [0, 0.05) is 44.1 Å². The zero-order chi connectivity index (χ0) is 17.8. The Bertz CT molecular complexity index is 695. The van der Waals surface area contributed by atoms with Crippen molar-refractivity contribution in [3.8, 4) is 0 Å². The first kappa shape index (κ1) is 17.6. The predicted octanol–water partition coefficient (Wildman–Crippen LogP) is 3.98. The lowest BCUT2D eigenvalue weighted by Gasteiger charge is -2.27. The summed E-state index contributed by atoms with van der Waals surface area (Å²) in [6.45, 7) is 4.99. The number of nitrogens with zero attached hydrogens (tertiary/aromatic N) is 1. The lowest BCUT2D eigenvalue weighted by molar-refractivity contribution is -0.121. The number of rotatable bonds is 8. The number of furan rings is 1. The number of likely N-dealkylation sites (N-methyl/N-ethyl adjacent to an activating group) is 1. The fourth-order valence-electron chi connectivity index (χ4n) is 3.09. The maximum absolute atomic E-state index is 12.1. The highest BCUT2D eigenvalue weighted by Gasteiger charge is 2.36. The Morgan fingerprint density at radius 2 is 2.00 bits per heavy atom. The molecule has 4 nitrogen and oxygen atoms in total. The number of hydrogen-bond donors (Lipinski definition) is 1. The van der Waals surface area contributed by atoms with E-state index in [1.807, 2.05) is 24.3 Å². The van der Waals surface area contributed by atoms with Crippen LogP contribution in [-0.2, 0) is 11.2 Å². The molecule has 4 heteroatoms. The quantitative estimate of drug-likeness (QED) is 0.791. The van der Waals surface area contributed by atoms with Crippen LogP contribution in [-0.4, -0.2) is 25.5 Å². The van der Waals surface area contributed by atoms with Crippen LogP contribution in [0.15, 0.2) is 46.9 Å². The number of para-hydroxylation sites is 1. The Balaban J connectivity index is 1.39. The van der Waals surface area contributed by atoms with Crippen LogP contribution in [0, 0.1) is 5.92 Å². The Morgan fingerprint density at radius 1 is 1.28 bits per heavy atom. The highest BCUT2D eigenvalue weighted by Crippen LogP contribution is 2.47. The first-order valence-corrected chi connectivity index (χ1v) is 9.17. The summed E-state index contributed by atoms with van der Waals surface area (Å²) >= 11 is 0. The average Bonchev–Trinajstić information content (AvgIpc) is 3.18. The number of hydrogen-bond acceptors (Lipinski definition) is 3. The fraction of sp³-hybridized carbons (Fsp3) is 0.476. The number of carbonyl (C=O) groups is 1. The van der Waals surface area contributed by atoms with Crippen LogP contribution in [0.5, 0.6) is 0 Å². The molecule has 1 aliphatic carbocycles. The van der Waals surface area contributed by atoms with Gasteiger partial charge in [-0.25, -0.2) is 0 Å². The van der Waals surface area contributed by atoms with Gasteiger partial charge in [-0.15, -0.1) is 0 Å². The molecule has 3 atom stereocenters. The van der Waals surface area contributed by atoms with Crippen LogP contribution in [0.2, 0.25) is 0 Å². The van der Waals surface area contributed by atoms with Gasteiger partial charge < -0.3 is 14.6 Å². The zero-order valence-corrected chi connectivity index (χ0v) is 15.4. The monoisotopic (exact) mass is 340 g/mol. The topological polar surface area (TPSA) is 45.5 Å². The molecule has 1 aliphatic rings. The molecule has 1 fully saturated rings. The van der Waals surface area contributed by atoms with E-state index in [4.69, 9.17) is 4.42 Å². The highest BCUT2D eigenvalue weighted by atomic mass is 16.3. The van der Waals surface area contributed by atoms with Gasteiger partial charge in [0.2, 0.25) is 5.91 Å². The molecule has 25 heavy (non-hydrogen) atoms. The summed E-state index contributed by atoms with van der Waals surface area (Å²) < 4.78 is 5.86. The third kappa shape index (κ3) is 4.65. The third-order valence-corrected chi connectivity index (χ3v) is 5.18. The summed E-state index contributed by atoms with van der Waals surface area (Å²) in [7, 11) is 2.05. The van der Waals surface area contributed by atoms with Crippen LogP contribution >= 0.6 is 0 Å². The Hall–Kier alpha value is -2.23. The minimum absolute atomic E-state index is 0.0750. The van der Waals surface area contributed by atoms with Gasteiger partial charge in [-0.3, -0.25) is 4.79 Å². The molecule has 0 saturated heterocycles. The van der Waals surface area contributed by atoms with Crippen LogP contribution < -0.4 is 10.2 Å². The minimum Gasteiger partial charge on any atom is -0.466 e. The molecule has 0 unspecified atom stereocenters. The normalized spacial score (nSPS) is 20.1. The molecule has 0 bridgehead atoms. The van der Waals surface area contributed by atoms with Crippen molar-refractivity contribution in [1.29, 1.82) is 0 Å². The van der Waals surface area contributed by atoms with Crippen molar-refractivity contribution in [2.75, 3.05) is 18.5 Å². The number of anilines is 1. The second-order valence-corrected chi connectivity index (χ2v) is 7.22. The lowest BCUT2D eigenvalue weighted by Crippen LogP contribution is -2.40. The number of benzene rings is 1. The van der Waals surface area contributed by atoms with Crippen LogP contribution in [0.3, 0.4) is 0 Å². The first-order chi connectivity index (χ1) is 12.0. The van der Waals surface area contributed by atoms with E-state index in [1.54, 1.807) is 0 Å². The van der Waals surface area contributed by atoms with Gasteiger partial charge in [-0.05, 0) is 43.5 Å². The van der Waals surface area contributed by atoms with Gasteiger partial charge >= 0.3 is 0 Å². The fourth-order valence-corrected chi connectivity index (χ4v) is 3.09. The molecule has 2 aromatic rings. The molecule has 0 aliphatic heterocycles. The Morgan fingerprint density at radius 3 is 2.68 bits per heavy atom. The van der Waals surface area contributed by atoms with Crippen LogP contribution in [0.25, 0.3) is 0 Å². The van der Waals surface area contributed by atoms with Crippen molar-refractivity contribution in [2.24, 2.45) is 5.92 Å². The van der Waals surface area contributed by atoms with Crippen LogP contribution in [0.4, 0.5) is 5.69 Å². The molecular formula is C21H28N2O2. The van der Waals surface area contributed by atoms with Crippen LogP contribution in [0.1, 0.15) is 44.1 Å². The molecular weight excluding hydrogens is 312 g/mol. The summed E-state index contributed by atoms with van der Waals surface area (Å²) in [5, 5.41) is 3.03. The molecule has 1 N–H and O–H groups in total. The molecule has 0 radical (unpaired) electrons. The molecule has 1 saturated carbocycles. The maximum atomic E-state index is 12.1. The highest BCUT2D eigenvalue weighted by molar-refractivity contribution is 5.76. The van der Waals surface area contributed by atoms with Crippen molar-refractivity contribution < 1.29 is 9.21 Å². The van der Waals surface area contributed by atoms with E-state index in [2.05, 4.69) is 49.3 Å². The van der Waals surface area contributed by atoms with Crippen molar-refractivity contribution >= 4 is 11.6 Å². The summed E-state index contributed by atoms with van der Waals surface area (Å²) in [4.78, 5) is 14.3. The lowest BCUT2D eigenvalue weighted by atomic mass is 10.2. The number of aryl methyl sites for hydroxylation is 1. The van der Waals surface area contributed by atoms with Gasteiger partial charge in [0.05, 0.1) is 0 Å². The smallest absolute Gasteiger partial charge is 0.220 e. The predicted molar refractivity (Wildman–Crippen MR) is 101 cm³/mol. The molecule has 1 aromatic heterocycles. The standard InChI is InChI=1S/C21H28N2O2/c1-15-13-19(15)20-11-9-18(25-20)10-12-21(24)22-14-16(2)23(3)17-7-5-4-6-8-17/h4-9,11,15-16,19H,10,12-14H2,1-3H3,(H,22,24)/t15-,16+,19-/m1/s1. The van der Waals surface area contributed by atoms with E-state index in [0.29, 0.717) is 25.3 Å². The number of nitrogens with one attached hydrogen (secondary N) is 1. The van der Waals surface area contributed by atoms with Gasteiger partial charge in [0.1, 0.15) is 11.5 Å². The van der Waals surface area contributed by atoms with E-state index in [-0.39, 0.29) is 11.9 Å². The number of amides is 1. The summed E-state index contributed by atoms with van der Waals surface area (Å²) in [5.74, 6) is 3.41. The number of carbonyl (C=O) groups excluding carboxylic acids is 1. The first-order valence-electron chi connectivity index (χ1n) is 9.17. The van der Waals surface area contributed by atoms with Gasteiger partial charge in [-0.1, -0.05) is 25.1 Å². The molecule has 0 spiro atoms. The molecule has 1 amide bonds. The average molecular weight is 340 g/mol. The Labute approximate surface area is 150 Å². The second-order valence-electron chi connectivity index (χ2n) is 7.22. The van der Waals surface area contributed by atoms with Gasteiger partial charge in [0.25, 0.3) is 0 Å². The van der Waals surface area contributed by atoms with Crippen molar-refractivity contribution in [3.63, 3.8) is 0 Å². The zero-order valence-electron chi connectivity index (χ0n) is 15.4. The van der Waals surface area contributed by atoms with Gasteiger partial charge in [-0.2, -0.15) is 0 Å². The molecule has 1 aromatic carbocycles. The largest absolute Gasteiger partial charge is 0.466 e.